The molecule has 1 aliphatic carbocycles. The molecule has 2 rings (SSSR count). The molecule has 24 heavy (non-hydrogen) atoms. The number of carbonyl (C=O) groups excluding carboxylic acids is 2. The third kappa shape index (κ3) is 5.69. The van der Waals surface area contributed by atoms with E-state index in [9.17, 15) is 9.59 Å². The van der Waals surface area contributed by atoms with E-state index in [-0.39, 0.29) is 17.9 Å². The number of guanidine groups is 1. The topological polar surface area (TPSA) is 85.8 Å². The third-order valence-corrected chi connectivity index (χ3v) is 4.77. The number of carbonyl (C=O) groups is 2. The Hall–Kier alpha value is -1.79. The van der Waals surface area contributed by atoms with E-state index in [1.54, 1.807) is 7.05 Å². The van der Waals surface area contributed by atoms with Crippen molar-refractivity contribution in [1.29, 1.82) is 0 Å². The number of hydrogen-bond acceptors (Lipinski definition) is 3. The molecule has 1 saturated carbocycles. The zero-order chi connectivity index (χ0) is 17.4. The fraction of sp³-hybridized carbons (Fsp3) is 0.824. The lowest BCUT2D eigenvalue weighted by Crippen LogP contribution is -2.46. The minimum Gasteiger partial charge on any atom is -0.356 e. The molecule has 2 fully saturated rings. The summed E-state index contributed by atoms with van der Waals surface area (Å²) in [5.41, 5.74) is 0. The summed E-state index contributed by atoms with van der Waals surface area (Å²) in [7, 11) is 1.72. The van der Waals surface area contributed by atoms with Crippen molar-refractivity contribution in [2.45, 2.75) is 64.0 Å². The van der Waals surface area contributed by atoms with Gasteiger partial charge < -0.3 is 20.9 Å². The number of nitrogens with one attached hydrogen (secondary N) is 3. The van der Waals surface area contributed by atoms with Crippen molar-refractivity contribution in [3.05, 3.63) is 0 Å². The fourth-order valence-electron chi connectivity index (χ4n) is 3.38. The van der Waals surface area contributed by atoms with E-state index in [2.05, 4.69) is 20.9 Å². The summed E-state index contributed by atoms with van der Waals surface area (Å²) in [6.07, 6.45) is 6.58. The van der Waals surface area contributed by atoms with Gasteiger partial charge in [0.25, 0.3) is 0 Å². The maximum atomic E-state index is 11.9. The molecule has 136 valence electrons. The van der Waals surface area contributed by atoms with Gasteiger partial charge in [0.2, 0.25) is 11.8 Å². The Morgan fingerprint density at radius 3 is 2.54 bits per heavy atom. The molecular formula is C17H31N5O2. The van der Waals surface area contributed by atoms with E-state index in [0.717, 1.165) is 32.4 Å². The lowest BCUT2D eigenvalue weighted by Gasteiger charge is -2.19. The molecule has 0 aromatic rings. The van der Waals surface area contributed by atoms with Crippen LogP contribution in [-0.4, -0.2) is 61.4 Å². The summed E-state index contributed by atoms with van der Waals surface area (Å²) in [5, 5.41) is 9.60. The van der Waals surface area contributed by atoms with Gasteiger partial charge in [-0.1, -0.05) is 19.8 Å². The zero-order valence-electron chi connectivity index (χ0n) is 14.9. The number of likely N-dealkylation sites (tertiary alicyclic amines) is 1. The summed E-state index contributed by atoms with van der Waals surface area (Å²) in [6.45, 7) is 3.96. The average molecular weight is 337 g/mol. The van der Waals surface area contributed by atoms with Gasteiger partial charge in [0.05, 0.1) is 0 Å². The molecular weight excluding hydrogens is 306 g/mol. The summed E-state index contributed by atoms with van der Waals surface area (Å²) in [6, 6.07) is 0.592. The molecule has 2 aliphatic rings. The van der Waals surface area contributed by atoms with Crippen LogP contribution in [0.4, 0.5) is 0 Å². The van der Waals surface area contributed by atoms with Crippen molar-refractivity contribution in [3.63, 3.8) is 0 Å². The number of amides is 2. The third-order valence-electron chi connectivity index (χ3n) is 4.77. The van der Waals surface area contributed by atoms with Gasteiger partial charge in [-0.05, 0) is 19.3 Å². The highest BCUT2D eigenvalue weighted by Crippen LogP contribution is 2.17. The average Bonchev–Trinajstić information content (AvgIpc) is 3.25. The molecule has 0 radical (unpaired) electrons. The lowest BCUT2D eigenvalue weighted by molar-refractivity contribution is -0.129. The maximum absolute atomic E-state index is 11.9. The van der Waals surface area contributed by atoms with Crippen LogP contribution < -0.4 is 16.0 Å². The second-order valence-corrected chi connectivity index (χ2v) is 6.62. The van der Waals surface area contributed by atoms with Crippen molar-refractivity contribution in [3.8, 4) is 0 Å². The molecule has 0 aromatic carbocycles. The first-order valence-electron chi connectivity index (χ1n) is 9.16. The smallest absolute Gasteiger partial charge is 0.222 e. The van der Waals surface area contributed by atoms with Crippen molar-refractivity contribution >= 4 is 17.8 Å². The second-order valence-electron chi connectivity index (χ2n) is 6.62. The van der Waals surface area contributed by atoms with Crippen LogP contribution in [0.5, 0.6) is 0 Å². The van der Waals surface area contributed by atoms with Gasteiger partial charge in [0, 0.05) is 51.6 Å². The van der Waals surface area contributed by atoms with E-state index in [1.807, 2.05) is 11.8 Å². The number of rotatable bonds is 6. The monoisotopic (exact) mass is 337 g/mol. The van der Waals surface area contributed by atoms with E-state index < -0.39 is 0 Å². The highest BCUT2D eigenvalue weighted by molar-refractivity contribution is 5.82. The van der Waals surface area contributed by atoms with E-state index in [1.165, 1.54) is 12.8 Å². The standard InChI is InChI=1S/C17H31N5O2/c1-3-16(24)22-11-9-14(12-22)21-17(18-2)19-10-8-15(23)20-13-6-4-5-7-13/h13-14H,3-12H2,1-2H3,(H,20,23)(H2,18,19,21). The molecule has 7 nitrogen and oxygen atoms in total. The summed E-state index contributed by atoms with van der Waals surface area (Å²) in [5.74, 6) is 0.996. The van der Waals surface area contributed by atoms with Gasteiger partial charge in [0.15, 0.2) is 5.96 Å². The predicted molar refractivity (Wildman–Crippen MR) is 94.8 cm³/mol. The Bertz CT molecular complexity index is 460. The fourth-order valence-corrected chi connectivity index (χ4v) is 3.38. The number of aliphatic imine (C=N–C) groups is 1. The molecule has 0 spiro atoms. The highest BCUT2D eigenvalue weighted by atomic mass is 16.2. The molecule has 1 heterocycles. The van der Waals surface area contributed by atoms with E-state index in [4.69, 9.17) is 0 Å². The van der Waals surface area contributed by atoms with Crippen LogP contribution in [-0.2, 0) is 9.59 Å². The molecule has 1 unspecified atom stereocenters. The van der Waals surface area contributed by atoms with Crippen LogP contribution >= 0.6 is 0 Å². The second kappa shape index (κ2) is 9.49. The minimum atomic E-state index is 0.102. The number of nitrogens with zero attached hydrogens (tertiary/aromatic N) is 2. The maximum Gasteiger partial charge on any atom is 0.222 e. The van der Waals surface area contributed by atoms with Crippen LogP contribution in [0.1, 0.15) is 51.9 Å². The van der Waals surface area contributed by atoms with Crippen LogP contribution in [0.15, 0.2) is 4.99 Å². The van der Waals surface area contributed by atoms with Crippen molar-refractivity contribution < 1.29 is 9.59 Å². The largest absolute Gasteiger partial charge is 0.356 e. The molecule has 0 bridgehead atoms. The van der Waals surface area contributed by atoms with Crippen molar-refractivity contribution in [2.75, 3.05) is 26.7 Å². The Kier molecular flexibility index (Phi) is 7.34. The van der Waals surface area contributed by atoms with Crippen molar-refractivity contribution in [1.82, 2.24) is 20.9 Å². The van der Waals surface area contributed by atoms with E-state index >= 15 is 0 Å². The Balaban J connectivity index is 1.64. The van der Waals surface area contributed by atoms with Crippen LogP contribution in [0, 0.1) is 0 Å². The van der Waals surface area contributed by atoms with Gasteiger partial charge in [-0.15, -0.1) is 0 Å². The molecule has 3 N–H and O–H groups in total. The van der Waals surface area contributed by atoms with Gasteiger partial charge >= 0.3 is 0 Å². The Morgan fingerprint density at radius 2 is 1.88 bits per heavy atom. The Morgan fingerprint density at radius 1 is 1.12 bits per heavy atom. The molecule has 0 aromatic heterocycles. The minimum absolute atomic E-state index is 0.102. The predicted octanol–water partition coefficient (Wildman–Crippen LogP) is 0.611. The summed E-state index contributed by atoms with van der Waals surface area (Å²) >= 11 is 0. The quantitative estimate of drug-likeness (QED) is 0.490. The first-order valence-corrected chi connectivity index (χ1v) is 9.16. The molecule has 2 amide bonds. The van der Waals surface area contributed by atoms with Crippen LogP contribution in [0.3, 0.4) is 0 Å². The summed E-state index contributed by atoms with van der Waals surface area (Å²) < 4.78 is 0. The van der Waals surface area contributed by atoms with Gasteiger partial charge in [-0.25, -0.2) is 0 Å². The molecule has 7 heteroatoms. The summed E-state index contributed by atoms with van der Waals surface area (Å²) in [4.78, 5) is 29.7. The van der Waals surface area contributed by atoms with Crippen molar-refractivity contribution in [2.24, 2.45) is 4.99 Å². The number of hydrogen-bond donors (Lipinski definition) is 3. The highest BCUT2D eigenvalue weighted by Gasteiger charge is 2.25. The van der Waals surface area contributed by atoms with Gasteiger partial charge in [-0.3, -0.25) is 14.6 Å². The van der Waals surface area contributed by atoms with Gasteiger partial charge in [0.1, 0.15) is 0 Å². The molecule has 1 aliphatic heterocycles. The normalized spacial score (nSPS) is 21.8. The van der Waals surface area contributed by atoms with Gasteiger partial charge in [-0.2, -0.15) is 0 Å². The lowest BCUT2D eigenvalue weighted by atomic mass is 10.2. The molecule has 1 atom stereocenters. The Labute approximate surface area is 144 Å². The van der Waals surface area contributed by atoms with Crippen LogP contribution in [0.25, 0.3) is 0 Å². The molecule has 1 saturated heterocycles. The van der Waals surface area contributed by atoms with Crippen LogP contribution in [0.2, 0.25) is 0 Å². The zero-order valence-corrected chi connectivity index (χ0v) is 14.9. The SMILES string of the molecule is CCC(=O)N1CCC(NC(=NC)NCCC(=O)NC2CCCC2)C1. The first kappa shape index (κ1) is 18.5. The first-order chi connectivity index (χ1) is 11.6. The van der Waals surface area contributed by atoms with E-state index in [0.29, 0.717) is 31.4 Å².